The van der Waals surface area contributed by atoms with E-state index in [4.69, 9.17) is 0 Å². The zero-order valence-corrected chi connectivity index (χ0v) is 11.6. The van der Waals surface area contributed by atoms with Crippen LogP contribution < -0.4 is 4.72 Å². The number of halogens is 1. The van der Waals surface area contributed by atoms with Crippen molar-refractivity contribution in [2.75, 3.05) is 0 Å². The van der Waals surface area contributed by atoms with Crippen LogP contribution in [0.15, 0.2) is 29.6 Å². The lowest BCUT2D eigenvalue weighted by Crippen LogP contribution is -2.24. The fraction of sp³-hybridized carbons (Fsp3) is 0.182. The minimum atomic E-state index is -4.01. The van der Waals surface area contributed by atoms with Crippen molar-refractivity contribution in [3.05, 3.63) is 51.8 Å². The summed E-state index contributed by atoms with van der Waals surface area (Å²) in [6.45, 7) is 1.30. The monoisotopic (exact) mass is 314 g/mol. The first-order valence-electron chi connectivity index (χ1n) is 5.72. The molecule has 0 saturated heterocycles. The molecule has 0 spiro atoms. The summed E-state index contributed by atoms with van der Waals surface area (Å²) in [5.74, 6) is -1.08. The Bertz CT molecular complexity index is 774. The molecule has 0 fully saturated rings. The number of nitro benzene ring substituents is 1. The van der Waals surface area contributed by atoms with Crippen molar-refractivity contribution in [1.82, 2.24) is 14.7 Å². The Morgan fingerprint density at radius 1 is 1.48 bits per heavy atom. The topological polar surface area (TPSA) is 118 Å². The standard InChI is InChI=1S/C11H11FN4O4S/c1-7-2-9(12)10(16(17)18)3-11(7)21(19,20)15-5-8-4-13-6-14-8/h2-4,6,15H,5H2,1H3,(H,13,14). The molecule has 8 nitrogen and oxygen atoms in total. The van der Waals surface area contributed by atoms with Gasteiger partial charge < -0.3 is 4.98 Å². The van der Waals surface area contributed by atoms with Gasteiger partial charge in [0.25, 0.3) is 0 Å². The average molecular weight is 314 g/mol. The van der Waals surface area contributed by atoms with Crippen LogP contribution >= 0.6 is 0 Å². The fourth-order valence-corrected chi connectivity index (χ4v) is 2.95. The highest BCUT2D eigenvalue weighted by molar-refractivity contribution is 7.89. The van der Waals surface area contributed by atoms with E-state index < -0.39 is 26.5 Å². The van der Waals surface area contributed by atoms with Gasteiger partial charge in [0, 0.05) is 18.0 Å². The molecule has 21 heavy (non-hydrogen) atoms. The van der Waals surface area contributed by atoms with Crippen LogP contribution in [-0.2, 0) is 16.6 Å². The maximum atomic E-state index is 13.4. The van der Waals surface area contributed by atoms with Gasteiger partial charge >= 0.3 is 5.69 Å². The Morgan fingerprint density at radius 3 is 2.76 bits per heavy atom. The number of aromatic nitrogens is 2. The third-order valence-electron chi connectivity index (χ3n) is 2.74. The molecular weight excluding hydrogens is 303 g/mol. The van der Waals surface area contributed by atoms with Gasteiger partial charge in [-0.25, -0.2) is 18.1 Å². The zero-order chi connectivity index (χ0) is 15.6. The van der Waals surface area contributed by atoms with Crippen LogP contribution in [0.5, 0.6) is 0 Å². The molecule has 0 atom stereocenters. The summed E-state index contributed by atoms with van der Waals surface area (Å²) in [6, 6.07) is 1.53. The number of benzene rings is 1. The van der Waals surface area contributed by atoms with Gasteiger partial charge in [0.2, 0.25) is 15.8 Å². The number of sulfonamides is 1. The number of nitrogens with zero attached hydrogens (tertiary/aromatic N) is 2. The van der Waals surface area contributed by atoms with Crippen molar-refractivity contribution in [2.45, 2.75) is 18.4 Å². The molecular formula is C11H11FN4O4S. The number of imidazole rings is 1. The summed E-state index contributed by atoms with van der Waals surface area (Å²) in [4.78, 5) is 15.8. The Morgan fingerprint density at radius 2 is 2.19 bits per heavy atom. The van der Waals surface area contributed by atoms with Gasteiger partial charge in [0.15, 0.2) is 0 Å². The van der Waals surface area contributed by atoms with Crippen molar-refractivity contribution in [3.8, 4) is 0 Å². The zero-order valence-electron chi connectivity index (χ0n) is 10.8. The maximum absolute atomic E-state index is 13.4. The molecule has 1 heterocycles. The van der Waals surface area contributed by atoms with E-state index in [9.17, 15) is 22.9 Å². The molecule has 1 aromatic heterocycles. The molecule has 2 rings (SSSR count). The van der Waals surface area contributed by atoms with E-state index in [1.165, 1.54) is 19.4 Å². The smallest absolute Gasteiger partial charge is 0.306 e. The van der Waals surface area contributed by atoms with E-state index in [0.29, 0.717) is 11.8 Å². The molecule has 0 aliphatic rings. The van der Waals surface area contributed by atoms with Gasteiger partial charge in [-0.15, -0.1) is 0 Å². The second-order valence-electron chi connectivity index (χ2n) is 4.23. The van der Waals surface area contributed by atoms with Crippen LogP contribution in [0.25, 0.3) is 0 Å². The molecule has 112 valence electrons. The minimum Gasteiger partial charge on any atom is -0.347 e. The SMILES string of the molecule is Cc1cc(F)c([N+](=O)[O-])cc1S(=O)(=O)NCc1cnc[nH]1. The minimum absolute atomic E-state index is 0.0626. The summed E-state index contributed by atoms with van der Waals surface area (Å²) >= 11 is 0. The molecule has 2 aromatic rings. The fourth-order valence-electron chi connectivity index (χ4n) is 1.70. The lowest BCUT2D eigenvalue weighted by Gasteiger charge is -2.09. The van der Waals surface area contributed by atoms with E-state index in [2.05, 4.69) is 14.7 Å². The van der Waals surface area contributed by atoms with Gasteiger partial charge in [-0.3, -0.25) is 10.1 Å². The normalized spacial score (nSPS) is 11.5. The molecule has 0 amide bonds. The van der Waals surface area contributed by atoms with Crippen molar-refractivity contribution < 1.29 is 17.7 Å². The predicted molar refractivity (Wildman–Crippen MR) is 70.4 cm³/mol. The molecule has 2 N–H and O–H groups in total. The molecule has 0 radical (unpaired) electrons. The number of H-pyrrole nitrogens is 1. The highest BCUT2D eigenvalue weighted by Gasteiger charge is 2.24. The third-order valence-corrected chi connectivity index (χ3v) is 4.28. The van der Waals surface area contributed by atoms with Crippen LogP contribution in [0, 0.1) is 22.9 Å². The van der Waals surface area contributed by atoms with Crippen molar-refractivity contribution >= 4 is 15.7 Å². The van der Waals surface area contributed by atoms with Crippen molar-refractivity contribution in [3.63, 3.8) is 0 Å². The first-order chi connectivity index (χ1) is 9.81. The maximum Gasteiger partial charge on any atom is 0.306 e. The van der Waals surface area contributed by atoms with Crippen LogP contribution in [-0.4, -0.2) is 23.3 Å². The van der Waals surface area contributed by atoms with E-state index in [1.54, 1.807) is 0 Å². The summed E-state index contributed by atoms with van der Waals surface area (Å²) in [7, 11) is -4.01. The van der Waals surface area contributed by atoms with Crippen LogP contribution in [0.3, 0.4) is 0 Å². The highest BCUT2D eigenvalue weighted by atomic mass is 32.2. The van der Waals surface area contributed by atoms with Crippen LogP contribution in [0.2, 0.25) is 0 Å². The number of aryl methyl sites for hydroxylation is 1. The van der Waals surface area contributed by atoms with E-state index in [1.807, 2.05) is 0 Å². The first-order valence-corrected chi connectivity index (χ1v) is 7.21. The quantitative estimate of drug-likeness (QED) is 0.636. The Hall–Kier alpha value is -2.33. The lowest BCUT2D eigenvalue weighted by atomic mass is 10.2. The third kappa shape index (κ3) is 3.23. The predicted octanol–water partition coefficient (Wildman–Crippen LogP) is 1.24. The number of hydrogen-bond donors (Lipinski definition) is 2. The van der Waals surface area contributed by atoms with Gasteiger partial charge in [0.1, 0.15) is 0 Å². The highest BCUT2D eigenvalue weighted by Crippen LogP contribution is 2.25. The number of nitrogens with one attached hydrogen (secondary N) is 2. The molecule has 0 saturated carbocycles. The Kier molecular flexibility index (Phi) is 4.00. The molecule has 0 unspecified atom stereocenters. The Balaban J connectivity index is 2.35. The van der Waals surface area contributed by atoms with Gasteiger partial charge in [0.05, 0.1) is 22.7 Å². The lowest BCUT2D eigenvalue weighted by molar-refractivity contribution is -0.387. The molecule has 0 aliphatic carbocycles. The van der Waals surface area contributed by atoms with E-state index in [0.717, 1.165) is 6.07 Å². The number of hydrogen-bond acceptors (Lipinski definition) is 5. The molecule has 0 bridgehead atoms. The van der Waals surface area contributed by atoms with Crippen molar-refractivity contribution in [1.29, 1.82) is 0 Å². The second kappa shape index (κ2) is 5.58. The van der Waals surface area contributed by atoms with Crippen molar-refractivity contribution in [2.24, 2.45) is 0 Å². The molecule has 10 heteroatoms. The average Bonchev–Trinajstić information content (AvgIpc) is 2.88. The summed E-state index contributed by atoms with van der Waals surface area (Å²) < 4.78 is 40.0. The number of nitro groups is 1. The second-order valence-corrected chi connectivity index (χ2v) is 5.96. The largest absolute Gasteiger partial charge is 0.347 e. The van der Waals surface area contributed by atoms with Crippen LogP contribution in [0.4, 0.5) is 10.1 Å². The summed E-state index contributed by atoms with van der Waals surface area (Å²) in [5.41, 5.74) is -0.287. The first kappa shape index (κ1) is 15.1. The van der Waals surface area contributed by atoms with Gasteiger partial charge in [-0.05, 0) is 18.6 Å². The molecule has 0 aliphatic heterocycles. The van der Waals surface area contributed by atoms with Crippen LogP contribution in [0.1, 0.15) is 11.3 Å². The summed E-state index contributed by atoms with van der Waals surface area (Å²) in [6.07, 6.45) is 2.82. The Labute approximate surface area is 119 Å². The van der Waals surface area contributed by atoms with E-state index in [-0.39, 0.29) is 17.0 Å². The number of rotatable bonds is 5. The van der Waals surface area contributed by atoms with E-state index >= 15 is 0 Å². The summed E-state index contributed by atoms with van der Waals surface area (Å²) in [5, 5.41) is 10.7. The molecule has 1 aromatic carbocycles. The number of aromatic amines is 1. The van der Waals surface area contributed by atoms with Gasteiger partial charge in [-0.1, -0.05) is 0 Å². The van der Waals surface area contributed by atoms with Gasteiger partial charge in [-0.2, -0.15) is 4.39 Å².